The lowest BCUT2D eigenvalue weighted by Crippen LogP contribution is -3.14. The van der Waals surface area contributed by atoms with Crippen LogP contribution in [0, 0.1) is 6.92 Å². The fraction of sp³-hybridized carbons (Fsp3) is 0.381. The second kappa shape index (κ2) is 10.3. The minimum absolute atomic E-state index is 0.652. The normalized spacial score (nSPS) is 14.6. The van der Waals surface area contributed by atoms with Crippen LogP contribution in [0.5, 0.6) is 11.5 Å². The highest BCUT2D eigenvalue weighted by molar-refractivity contribution is 7.80. The van der Waals surface area contributed by atoms with Gasteiger partial charge in [-0.3, -0.25) is 0 Å². The van der Waals surface area contributed by atoms with Gasteiger partial charge in [-0.05, 0) is 61.1 Å². The Bertz CT molecular complexity index is 730. The summed E-state index contributed by atoms with van der Waals surface area (Å²) in [5.74, 6) is 1.65. The molecular formula is C21H28N3O2S+. The molecule has 1 heterocycles. The van der Waals surface area contributed by atoms with Gasteiger partial charge in [0.15, 0.2) is 5.11 Å². The summed E-state index contributed by atoms with van der Waals surface area (Å²) >= 11 is 5.38. The smallest absolute Gasteiger partial charge is 0.170 e. The Morgan fingerprint density at radius 3 is 2.63 bits per heavy atom. The predicted octanol–water partition coefficient (Wildman–Crippen LogP) is 2.38. The highest BCUT2D eigenvalue weighted by Crippen LogP contribution is 2.23. The molecule has 1 saturated heterocycles. The number of hydrogen-bond donors (Lipinski definition) is 3. The lowest BCUT2D eigenvalue weighted by atomic mass is 10.2. The van der Waals surface area contributed by atoms with Crippen LogP contribution in [-0.4, -0.2) is 44.5 Å². The van der Waals surface area contributed by atoms with Crippen LogP contribution < -0.4 is 20.3 Å². The number of anilines is 1. The number of quaternary nitrogens is 1. The number of ether oxygens (including phenoxy) is 2. The molecule has 1 fully saturated rings. The van der Waals surface area contributed by atoms with E-state index in [-0.39, 0.29) is 0 Å². The molecule has 1 aliphatic rings. The number of rotatable bonds is 7. The van der Waals surface area contributed by atoms with E-state index in [1.54, 1.807) is 4.90 Å². The molecule has 0 atom stereocenters. The third-order valence-corrected chi connectivity index (χ3v) is 4.78. The van der Waals surface area contributed by atoms with Gasteiger partial charge in [0, 0.05) is 18.7 Å². The van der Waals surface area contributed by atoms with E-state index in [9.17, 15) is 0 Å². The molecule has 0 radical (unpaired) electrons. The Kier molecular flexibility index (Phi) is 7.45. The first-order chi connectivity index (χ1) is 13.2. The van der Waals surface area contributed by atoms with Gasteiger partial charge >= 0.3 is 0 Å². The Morgan fingerprint density at radius 1 is 1.11 bits per heavy atom. The third kappa shape index (κ3) is 6.82. The average Bonchev–Trinajstić information content (AvgIpc) is 2.68. The SMILES string of the molecule is Cc1cccc(Oc2ccc(NC(=S)NCCC[NH+]3CCOCC3)cc2)c1. The van der Waals surface area contributed by atoms with Gasteiger partial charge in [-0.15, -0.1) is 0 Å². The molecule has 0 amide bonds. The fourth-order valence-electron chi connectivity index (χ4n) is 3.05. The molecule has 27 heavy (non-hydrogen) atoms. The summed E-state index contributed by atoms with van der Waals surface area (Å²) < 4.78 is 11.2. The zero-order chi connectivity index (χ0) is 18.9. The molecule has 2 aromatic rings. The van der Waals surface area contributed by atoms with E-state index in [0.717, 1.165) is 63.0 Å². The van der Waals surface area contributed by atoms with Gasteiger partial charge < -0.3 is 25.0 Å². The number of benzene rings is 2. The molecule has 0 saturated carbocycles. The summed E-state index contributed by atoms with van der Waals surface area (Å²) in [6, 6.07) is 15.8. The van der Waals surface area contributed by atoms with Crippen LogP contribution in [0.25, 0.3) is 0 Å². The van der Waals surface area contributed by atoms with Gasteiger partial charge in [0.2, 0.25) is 0 Å². The number of nitrogens with one attached hydrogen (secondary N) is 3. The molecule has 5 nitrogen and oxygen atoms in total. The van der Waals surface area contributed by atoms with Crippen molar-refractivity contribution in [2.75, 3.05) is 44.7 Å². The molecule has 0 aromatic heterocycles. The molecule has 3 rings (SSSR count). The number of hydrogen-bond acceptors (Lipinski definition) is 3. The van der Waals surface area contributed by atoms with Crippen molar-refractivity contribution in [2.24, 2.45) is 0 Å². The lowest BCUT2D eigenvalue weighted by Gasteiger charge is -2.23. The first kappa shape index (κ1) is 19.6. The molecular weight excluding hydrogens is 358 g/mol. The number of aryl methyl sites for hydroxylation is 1. The van der Waals surface area contributed by atoms with E-state index in [1.807, 2.05) is 42.5 Å². The van der Waals surface area contributed by atoms with E-state index < -0.39 is 0 Å². The lowest BCUT2D eigenvalue weighted by molar-refractivity contribution is -0.908. The zero-order valence-corrected chi connectivity index (χ0v) is 16.6. The van der Waals surface area contributed by atoms with Gasteiger partial charge in [-0.2, -0.15) is 0 Å². The molecule has 0 unspecified atom stereocenters. The zero-order valence-electron chi connectivity index (χ0n) is 15.8. The van der Waals surface area contributed by atoms with E-state index in [2.05, 4.69) is 23.6 Å². The van der Waals surface area contributed by atoms with E-state index >= 15 is 0 Å². The van der Waals surface area contributed by atoms with Crippen molar-refractivity contribution >= 4 is 23.0 Å². The van der Waals surface area contributed by atoms with Gasteiger partial charge in [-0.25, -0.2) is 0 Å². The van der Waals surface area contributed by atoms with Gasteiger partial charge in [0.05, 0.1) is 19.8 Å². The third-order valence-electron chi connectivity index (χ3n) is 4.53. The molecule has 2 aromatic carbocycles. The maximum atomic E-state index is 5.87. The predicted molar refractivity (Wildman–Crippen MR) is 113 cm³/mol. The summed E-state index contributed by atoms with van der Waals surface area (Å²) in [6.07, 6.45) is 1.10. The van der Waals surface area contributed by atoms with Crippen LogP contribution in [0.4, 0.5) is 5.69 Å². The molecule has 3 N–H and O–H groups in total. The monoisotopic (exact) mass is 386 g/mol. The van der Waals surface area contributed by atoms with Gasteiger partial charge in [0.1, 0.15) is 24.6 Å². The van der Waals surface area contributed by atoms with Crippen molar-refractivity contribution in [3.8, 4) is 11.5 Å². The molecule has 144 valence electrons. The minimum atomic E-state index is 0.652. The van der Waals surface area contributed by atoms with Crippen LogP contribution in [0.2, 0.25) is 0 Å². The molecule has 1 aliphatic heterocycles. The first-order valence-corrected chi connectivity index (χ1v) is 9.90. The number of thiocarbonyl (C=S) groups is 1. The van der Waals surface area contributed by atoms with Crippen LogP contribution in [0.15, 0.2) is 48.5 Å². The van der Waals surface area contributed by atoms with Gasteiger partial charge in [-0.1, -0.05) is 12.1 Å². The highest BCUT2D eigenvalue weighted by Gasteiger charge is 2.12. The molecule has 0 aliphatic carbocycles. The Labute approximate surface area is 166 Å². The largest absolute Gasteiger partial charge is 0.457 e. The summed E-state index contributed by atoms with van der Waals surface area (Å²) in [5, 5.41) is 7.15. The fourth-order valence-corrected chi connectivity index (χ4v) is 3.27. The van der Waals surface area contributed by atoms with Gasteiger partial charge in [0.25, 0.3) is 0 Å². The minimum Gasteiger partial charge on any atom is -0.457 e. The summed E-state index contributed by atoms with van der Waals surface area (Å²) in [5.41, 5.74) is 2.13. The quantitative estimate of drug-likeness (QED) is 0.504. The molecule has 0 bridgehead atoms. The second-order valence-corrected chi connectivity index (χ2v) is 7.20. The number of morpholine rings is 1. The second-order valence-electron chi connectivity index (χ2n) is 6.79. The Hall–Kier alpha value is -2.15. The maximum Gasteiger partial charge on any atom is 0.170 e. The topological polar surface area (TPSA) is 47.0 Å². The summed E-state index contributed by atoms with van der Waals surface area (Å²) in [6.45, 7) is 8.07. The van der Waals surface area contributed by atoms with Crippen molar-refractivity contribution < 1.29 is 14.4 Å². The average molecular weight is 387 g/mol. The Morgan fingerprint density at radius 2 is 1.89 bits per heavy atom. The summed E-state index contributed by atoms with van der Waals surface area (Å²) in [4.78, 5) is 1.62. The van der Waals surface area contributed by atoms with E-state index in [4.69, 9.17) is 21.7 Å². The molecule has 6 heteroatoms. The summed E-state index contributed by atoms with van der Waals surface area (Å²) in [7, 11) is 0. The standard InChI is InChI=1S/C21H27N3O2S/c1-17-4-2-5-20(16-17)26-19-8-6-18(7-9-19)23-21(27)22-10-3-11-24-12-14-25-15-13-24/h2,4-9,16H,3,10-15H2,1H3,(H2,22,23,27)/p+1. The first-order valence-electron chi connectivity index (χ1n) is 9.50. The van der Waals surface area contributed by atoms with Crippen molar-refractivity contribution in [1.82, 2.24) is 5.32 Å². The highest BCUT2D eigenvalue weighted by atomic mass is 32.1. The Balaban J connectivity index is 1.37. The van der Waals surface area contributed by atoms with Crippen LogP contribution >= 0.6 is 12.2 Å². The van der Waals surface area contributed by atoms with Crippen molar-refractivity contribution in [3.05, 3.63) is 54.1 Å². The van der Waals surface area contributed by atoms with E-state index in [0.29, 0.717) is 5.11 Å². The van der Waals surface area contributed by atoms with Crippen molar-refractivity contribution in [3.63, 3.8) is 0 Å². The van der Waals surface area contributed by atoms with Crippen LogP contribution in [0.3, 0.4) is 0 Å². The molecule has 0 spiro atoms. The van der Waals surface area contributed by atoms with Crippen molar-refractivity contribution in [1.29, 1.82) is 0 Å². The van der Waals surface area contributed by atoms with Crippen LogP contribution in [-0.2, 0) is 4.74 Å². The van der Waals surface area contributed by atoms with Crippen molar-refractivity contribution in [2.45, 2.75) is 13.3 Å². The maximum absolute atomic E-state index is 5.87. The van der Waals surface area contributed by atoms with Crippen LogP contribution in [0.1, 0.15) is 12.0 Å². The van der Waals surface area contributed by atoms with E-state index in [1.165, 1.54) is 5.56 Å².